The molecule has 1 fully saturated rings. The van der Waals surface area contributed by atoms with Crippen molar-refractivity contribution in [3.05, 3.63) is 76.9 Å². The molecule has 2 aliphatic heterocycles. The third-order valence-electron chi connectivity index (χ3n) is 7.51. The molecular weight excluding hydrogens is 443 g/mol. The third kappa shape index (κ3) is 5.52. The summed E-state index contributed by atoms with van der Waals surface area (Å²) in [5, 5.41) is 4.51. The van der Waals surface area contributed by atoms with Gasteiger partial charge in [-0.15, -0.1) is 0 Å². The summed E-state index contributed by atoms with van der Waals surface area (Å²) >= 11 is 0. The summed E-state index contributed by atoms with van der Waals surface area (Å²) in [5.41, 5.74) is 4.34. The summed E-state index contributed by atoms with van der Waals surface area (Å²) in [7, 11) is 4.14. The second kappa shape index (κ2) is 10.4. The van der Waals surface area contributed by atoms with E-state index in [0.717, 1.165) is 68.2 Å². The van der Waals surface area contributed by atoms with Crippen LogP contribution >= 0.6 is 0 Å². The highest BCUT2D eigenvalue weighted by molar-refractivity contribution is 5.44. The predicted octanol–water partition coefficient (Wildman–Crippen LogP) is 4.55. The summed E-state index contributed by atoms with van der Waals surface area (Å²) < 4.78 is 27.5. The Morgan fingerprint density at radius 1 is 1.09 bits per heavy atom. The van der Waals surface area contributed by atoms with Gasteiger partial charge >= 0.3 is 0 Å². The van der Waals surface area contributed by atoms with E-state index in [1.54, 1.807) is 12.1 Å². The van der Waals surface area contributed by atoms with Crippen LogP contribution in [0.25, 0.3) is 0 Å². The van der Waals surface area contributed by atoms with Crippen LogP contribution in [0.3, 0.4) is 0 Å². The van der Waals surface area contributed by atoms with Gasteiger partial charge in [-0.1, -0.05) is 24.3 Å². The summed E-state index contributed by atoms with van der Waals surface area (Å²) in [4.78, 5) is 4.92. The van der Waals surface area contributed by atoms with Crippen molar-refractivity contribution in [2.75, 3.05) is 26.9 Å². The van der Waals surface area contributed by atoms with E-state index in [-0.39, 0.29) is 11.9 Å². The molecule has 0 radical (unpaired) electrons. The van der Waals surface area contributed by atoms with Crippen LogP contribution in [0.4, 0.5) is 4.39 Å². The molecule has 7 heteroatoms. The van der Waals surface area contributed by atoms with E-state index in [2.05, 4.69) is 47.2 Å². The lowest BCUT2D eigenvalue weighted by molar-refractivity contribution is 0.0948. The number of benzene rings is 2. The monoisotopic (exact) mass is 478 g/mol. The average Bonchev–Trinajstić information content (AvgIpc) is 3.44. The molecule has 0 bridgehead atoms. The molecular formula is C28H35FN4O2. The minimum atomic E-state index is -0.108. The predicted molar refractivity (Wildman–Crippen MR) is 134 cm³/mol. The molecule has 0 saturated carbocycles. The average molecular weight is 479 g/mol. The first-order valence-electron chi connectivity index (χ1n) is 12.5. The second-order valence-corrected chi connectivity index (χ2v) is 9.99. The number of hydrogen-bond donors (Lipinski definition) is 0. The molecule has 35 heavy (non-hydrogen) atoms. The number of ether oxygens (including phenoxy) is 2. The Labute approximate surface area is 207 Å². The van der Waals surface area contributed by atoms with Gasteiger partial charge in [0.1, 0.15) is 5.82 Å². The quantitative estimate of drug-likeness (QED) is 0.475. The highest BCUT2D eigenvalue weighted by Gasteiger charge is 2.30. The van der Waals surface area contributed by atoms with Crippen LogP contribution in [0.1, 0.15) is 35.2 Å². The Kier molecular flexibility index (Phi) is 7.07. The standard InChI is InChI=1S/C28H35FN4O2/c1-20-24(18-32(3)30-20)17-31(2)26(15-23-6-4-5-7-25(23)29)22-10-12-33(13-11-22)16-21-8-9-27-28(14-21)35-19-34-27/h4-9,14,18,22,26H,10-13,15-17,19H2,1-3H3/t26-/m0/s1. The van der Waals surface area contributed by atoms with Crippen LogP contribution in [0.5, 0.6) is 11.5 Å². The van der Waals surface area contributed by atoms with E-state index < -0.39 is 0 Å². The van der Waals surface area contributed by atoms with Gasteiger partial charge in [0, 0.05) is 37.9 Å². The number of fused-ring (bicyclic) bond motifs is 1. The maximum Gasteiger partial charge on any atom is 0.231 e. The van der Waals surface area contributed by atoms with E-state index in [9.17, 15) is 4.39 Å². The van der Waals surface area contributed by atoms with Crippen molar-refractivity contribution in [3.8, 4) is 11.5 Å². The van der Waals surface area contributed by atoms with Crippen LogP contribution in [-0.2, 0) is 26.6 Å². The minimum Gasteiger partial charge on any atom is -0.454 e. The number of likely N-dealkylation sites (tertiary alicyclic amines) is 1. The number of halogens is 1. The maximum absolute atomic E-state index is 14.6. The second-order valence-electron chi connectivity index (χ2n) is 9.99. The number of rotatable bonds is 8. The van der Waals surface area contributed by atoms with E-state index in [1.165, 1.54) is 11.1 Å². The lowest BCUT2D eigenvalue weighted by atomic mass is 9.84. The van der Waals surface area contributed by atoms with E-state index in [1.807, 2.05) is 29.9 Å². The molecule has 3 aromatic rings. The smallest absolute Gasteiger partial charge is 0.231 e. The zero-order chi connectivity index (χ0) is 24.4. The van der Waals surface area contributed by atoms with Crippen molar-refractivity contribution in [3.63, 3.8) is 0 Å². The van der Waals surface area contributed by atoms with E-state index >= 15 is 0 Å². The number of aromatic nitrogens is 2. The molecule has 3 heterocycles. The molecule has 0 spiro atoms. The first-order chi connectivity index (χ1) is 17.0. The van der Waals surface area contributed by atoms with Crippen molar-refractivity contribution in [1.82, 2.24) is 19.6 Å². The summed E-state index contributed by atoms with van der Waals surface area (Å²) in [6, 6.07) is 13.7. The normalized spacial score (nSPS) is 17.3. The Hall–Kier alpha value is -2.90. The van der Waals surface area contributed by atoms with Crippen molar-refractivity contribution in [2.45, 2.75) is 45.3 Å². The van der Waals surface area contributed by atoms with Gasteiger partial charge < -0.3 is 9.47 Å². The Balaban J connectivity index is 1.26. The number of aryl methyl sites for hydroxylation is 2. The zero-order valence-corrected chi connectivity index (χ0v) is 20.9. The van der Waals surface area contributed by atoms with Crippen LogP contribution < -0.4 is 9.47 Å². The number of likely N-dealkylation sites (N-methyl/N-ethyl adjacent to an activating group) is 1. The molecule has 1 saturated heterocycles. The van der Waals surface area contributed by atoms with Gasteiger partial charge in [0.2, 0.25) is 6.79 Å². The van der Waals surface area contributed by atoms with Gasteiger partial charge in [-0.05, 0) is 81.6 Å². The zero-order valence-electron chi connectivity index (χ0n) is 20.9. The molecule has 186 valence electrons. The van der Waals surface area contributed by atoms with Crippen LogP contribution in [-0.4, -0.2) is 52.6 Å². The molecule has 5 rings (SSSR count). The molecule has 6 nitrogen and oxygen atoms in total. The van der Waals surface area contributed by atoms with E-state index in [0.29, 0.717) is 12.7 Å². The summed E-state index contributed by atoms with van der Waals surface area (Å²) in [6.07, 6.45) is 5.01. The molecule has 0 unspecified atom stereocenters. The molecule has 1 atom stereocenters. The van der Waals surface area contributed by atoms with Gasteiger partial charge in [-0.3, -0.25) is 14.5 Å². The van der Waals surface area contributed by atoms with Crippen LogP contribution in [0.2, 0.25) is 0 Å². The maximum atomic E-state index is 14.6. The van der Waals surface area contributed by atoms with Crippen molar-refractivity contribution in [1.29, 1.82) is 0 Å². The number of piperidine rings is 1. The molecule has 0 N–H and O–H groups in total. The van der Waals surface area contributed by atoms with Gasteiger partial charge in [-0.2, -0.15) is 5.10 Å². The van der Waals surface area contributed by atoms with Gasteiger partial charge in [-0.25, -0.2) is 4.39 Å². The lowest BCUT2D eigenvalue weighted by Crippen LogP contribution is -2.45. The first kappa shape index (κ1) is 23.8. The van der Waals surface area contributed by atoms with Crippen LogP contribution in [0.15, 0.2) is 48.7 Å². The SMILES string of the molecule is Cc1nn(C)cc1CN(C)[C@@H](Cc1ccccc1F)C1CCN(Cc2ccc3c(c2)OCO3)CC1. The number of nitrogens with zero attached hydrogens (tertiary/aromatic N) is 4. The van der Waals surface area contributed by atoms with E-state index in [4.69, 9.17) is 9.47 Å². The van der Waals surface area contributed by atoms with Gasteiger partial charge in [0.05, 0.1) is 5.69 Å². The highest BCUT2D eigenvalue weighted by Crippen LogP contribution is 2.34. The highest BCUT2D eigenvalue weighted by atomic mass is 19.1. The fourth-order valence-corrected chi connectivity index (χ4v) is 5.55. The minimum absolute atomic E-state index is 0.108. The Morgan fingerprint density at radius 3 is 2.60 bits per heavy atom. The fourth-order valence-electron chi connectivity index (χ4n) is 5.55. The number of hydrogen-bond acceptors (Lipinski definition) is 5. The van der Waals surface area contributed by atoms with Crippen molar-refractivity contribution < 1.29 is 13.9 Å². The van der Waals surface area contributed by atoms with Crippen molar-refractivity contribution >= 4 is 0 Å². The largest absolute Gasteiger partial charge is 0.454 e. The molecule has 0 aliphatic carbocycles. The topological polar surface area (TPSA) is 42.8 Å². The fraction of sp³-hybridized carbons (Fsp3) is 0.464. The molecule has 2 aliphatic rings. The molecule has 1 aromatic heterocycles. The first-order valence-corrected chi connectivity index (χ1v) is 12.5. The van der Waals surface area contributed by atoms with Crippen molar-refractivity contribution in [2.24, 2.45) is 13.0 Å². The van der Waals surface area contributed by atoms with Gasteiger partial charge in [0.15, 0.2) is 11.5 Å². The van der Waals surface area contributed by atoms with Gasteiger partial charge in [0.25, 0.3) is 0 Å². The Morgan fingerprint density at radius 2 is 1.86 bits per heavy atom. The molecule has 0 amide bonds. The van der Waals surface area contributed by atoms with Crippen LogP contribution in [0, 0.1) is 18.7 Å². The summed E-state index contributed by atoms with van der Waals surface area (Å²) in [6.45, 7) is 6.16. The summed E-state index contributed by atoms with van der Waals surface area (Å²) in [5.74, 6) is 2.07. The Bertz CT molecular complexity index is 1160. The lowest BCUT2D eigenvalue weighted by Gasteiger charge is -2.40. The third-order valence-corrected chi connectivity index (χ3v) is 7.51. The molecule has 2 aromatic carbocycles.